The monoisotopic (exact) mass is 486 g/mol. The highest BCUT2D eigenvalue weighted by Crippen LogP contribution is 2.31. The van der Waals surface area contributed by atoms with E-state index >= 15 is 0 Å². The van der Waals surface area contributed by atoms with Crippen LogP contribution in [-0.2, 0) is 0 Å². The Kier molecular flexibility index (Phi) is 6.24. The number of hydrazone groups is 1. The molecule has 0 aliphatic carbocycles. The average Bonchev–Trinajstić information content (AvgIpc) is 3.45. The number of benzene rings is 2. The molecule has 2 aromatic carbocycles. The molecule has 0 spiro atoms. The summed E-state index contributed by atoms with van der Waals surface area (Å²) in [6.45, 7) is 1.73. The van der Waals surface area contributed by atoms with Crippen LogP contribution in [0.15, 0.2) is 52.2 Å². The molecule has 0 atom stereocenters. The number of carbonyl (C=O) groups is 1. The summed E-state index contributed by atoms with van der Waals surface area (Å²) in [5, 5.41) is 20.1. The number of anilines is 1. The zero-order valence-electron chi connectivity index (χ0n) is 17.3. The molecule has 0 saturated heterocycles. The minimum atomic E-state index is -0.633. The van der Waals surface area contributed by atoms with Gasteiger partial charge in [-0.1, -0.05) is 46.6 Å². The van der Waals surface area contributed by atoms with Gasteiger partial charge in [0.15, 0.2) is 5.69 Å². The molecular formula is C20H16Cl2N8O3. The second kappa shape index (κ2) is 9.27. The maximum Gasteiger partial charge on any atom is 0.294 e. The van der Waals surface area contributed by atoms with Gasteiger partial charge in [-0.15, -0.1) is 5.10 Å². The van der Waals surface area contributed by atoms with Crippen molar-refractivity contribution < 1.29 is 14.2 Å². The Hall–Kier alpha value is -3.96. The van der Waals surface area contributed by atoms with Gasteiger partial charge in [0.25, 0.3) is 5.91 Å². The van der Waals surface area contributed by atoms with Crippen molar-refractivity contribution in [2.75, 3.05) is 12.8 Å². The molecule has 0 unspecified atom stereocenters. The molecule has 0 saturated carbocycles. The first-order valence-corrected chi connectivity index (χ1v) is 10.1. The van der Waals surface area contributed by atoms with Crippen molar-refractivity contribution in [1.29, 1.82) is 0 Å². The van der Waals surface area contributed by atoms with Gasteiger partial charge in [0.05, 0.1) is 22.9 Å². The Morgan fingerprint density at radius 1 is 1.18 bits per heavy atom. The summed E-state index contributed by atoms with van der Waals surface area (Å²) >= 11 is 12.2. The number of methoxy groups -OCH3 is 1. The maximum absolute atomic E-state index is 13.0. The molecule has 1 amide bonds. The normalized spacial score (nSPS) is 11.5. The second-order valence-corrected chi connectivity index (χ2v) is 7.45. The van der Waals surface area contributed by atoms with Crippen LogP contribution in [-0.4, -0.2) is 44.0 Å². The molecule has 3 N–H and O–H groups in total. The fraction of sp³-hybridized carbons (Fsp3) is 0.100. The standard InChI is InChI=1S/C20H16Cl2N8O3/c1-10(12-5-3-4-6-15(12)32-2)24-26-20(31)16-17(11-7-8-13(21)14(22)9-11)30(29-25-16)19-18(23)27-33-28-19/h3-9H,1-2H3,(H2,23,27)(H,26,31)/b24-10+. The van der Waals surface area contributed by atoms with E-state index in [0.717, 1.165) is 5.56 Å². The van der Waals surface area contributed by atoms with Crippen molar-refractivity contribution >= 4 is 40.6 Å². The number of nitrogens with zero attached hydrogens (tertiary/aromatic N) is 6. The zero-order chi connectivity index (χ0) is 23.5. The number of carbonyl (C=O) groups excluding carboxylic acids is 1. The van der Waals surface area contributed by atoms with Crippen molar-refractivity contribution in [3.63, 3.8) is 0 Å². The number of hydrogen-bond donors (Lipinski definition) is 2. The summed E-state index contributed by atoms with van der Waals surface area (Å²) in [6, 6.07) is 12.1. The highest BCUT2D eigenvalue weighted by molar-refractivity contribution is 6.42. The summed E-state index contributed by atoms with van der Waals surface area (Å²) in [7, 11) is 1.55. The van der Waals surface area contributed by atoms with Crippen LogP contribution in [0, 0.1) is 0 Å². The number of amides is 1. The van der Waals surface area contributed by atoms with Gasteiger partial charge in [-0.2, -0.15) is 9.78 Å². The van der Waals surface area contributed by atoms with Crippen molar-refractivity contribution in [2.45, 2.75) is 6.92 Å². The molecule has 0 fully saturated rings. The number of rotatable bonds is 6. The molecule has 0 aliphatic rings. The Morgan fingerprint density at radius 3 is 2.67 bits per heavy atom. The molecular weight excluding hydrogens is 471 g/mol. The van der Waals surface area contributed by atoms with Crippen LogP contribution < -0.4 is 15.9 Å². The molecule has 2 aromatic heterocycles. The van der Waals surface area contributed by atoms with E-state index in [4.69, 9.17) is 33.7 Å². The highest BCUT2D eigenvalue weighted by atomic mass is 35.5. The maximum atomic E-state index is 13.0. The first kappa shape index (κ1) is 22.2. The van der Waals surface area contributed by atoms with Crippen LogP contribution in [0.25, 0.3) is 17.1 Å². The van der Waals surface area contributed by atoms with Gasteiger partial charge in [0, 0.05) is 11.1 Å². The lowest BCUT2D eigenvalue weighted by Gasteiger charge is -2.09. The van der Waals surface area contributed by atoms with Gasteiger partial charge in [-0.05, 0) is 41.5 Å². The van der Waals surface area contributed by atoms with E-state index in [0.29, 0.717) is 22.0 Å². The zero-order valence-corrected chi connectivity index (χ0v) is 18.8. The Morgan fingerprint density at radius 2 is 1.97 bits per heavy atom. The second-order valence-electron chi connectivity index (χ2n) is 6.64. The van der Waals surface area contributed by atoms with Gasteiger partial charge in [0.1, 0.15) is 11.4 Å². The number of nitrogen functional groups attached to an aromatic ring is 1. The van der Waals surface area contributed by atoms with Crippen LogP contribution in [0.4, 0.5) is 5.82 Å². The van der Waals surface area contributed by atoms with E-state index in [9.17, 15) is 4.79 Å². The largest absolute Gasteiger partial charge is 0.496 e. The summed E-state index contributed by atoms with van der Waals surface area (Å²) in [5.74, 6) is -0.00873. The topological polar surface area (TPSA) is 146 Å². The molecule has 0 aliphatic heterocycles. The van der Waals surface area contributed by atoms with Crippen molar-refractivity contribution in [3.8, 4) is 22.8 Å². The van der Waals surface area contributed by atoms with Gasteiger partial charge >= 0.3 is 0 Å². The third-order valence-electron chi connectivity index (χ3n) is 4.60. The Balaban J connectivity index is 1.74. The van der Waals surface area contributed by atoms with E-state index in [2.05, 4.69) is 35.8 Å². The first-order valence-electron chi connectivity index (χ1n) is 9.38. The number of nitrogens with two attached hydrogens (primary N) is 1. The Bertz CT molecular complexity index is 1370. The van der Waals surface area contributed by atoms with Crippen molar-refractivity contribution in [3.05, 3.63) is 63.8 Å². The number of halogens is 2. The van der Waals surface area contributed by atoms with Crippen molar-refractivity contribution in [2.24, 2.45) is 5.10 Å². The van der Waals surface area contributed by atoms with Crippen LogP contribution in [0.3, 0.4) is 0 Å². The minimum absolute atomic E-state index is 0.0433. The SMILES string of the molecule is COc1ccccc1/C(C)=N/NC(=O)c1nnn(-c2nonc2N)c1-c1ccc(Cl)c(Cl)c1. The number of hydrogen-bond acceptors (Lipinski definition) is 9. The smallest absolute Gasteiger partial charge is 0.294 e. The number of aromatic nitrogens is 5. The molecule has 4 aromatic rings. The first-order chi connectivity index (χ1) is 15.9. The lowest BCUT2D eigenvalue weighted by atomic mass is 10.1. The predicted octanol–water partition coefficient (Wildman–Crippen LogP) is 3.37. The van der Waals surface area contributed by atoms with Gasteiger partial charge in [-0.25, -0.2) is 10.1 Å². The van der Waals surface area contributed by atoms with E-state index in [1.165, 1.54) is 4.68 Å². The molecule has 4 rings (SSSR count). The summed E-state index contributed by atoms with van der Waals surface area (Å²) < 4.78 is 11.2. The van der Waals surface area contributed by atoms with Crippen LogP contribution in [0.2, 0.25) is 10.0 Å². The van der Waals surface area contributed by atoms with Crippen molar-refractivity contribution in [1.82, 2.24) is 30.7 Å². The van der Waals surface area contributed by atoms with Gasteiger partial charge in [-0.3, -0.25) is 4.79 Å². The quantitative estimate of drug-likeness (QED) is 0.311. The summed E-state index contributed by atoms with van der Waals surface area (Å²) in [5.41, 5.74) is 10.2. The molecule has 168 valence electrons. The number of ether oxygens (including phenoxy) is 1. The highest BCUT2D eigenvalue weighted by Gasteiger charge is 2.25. The molecule has 33 heavy (non-hydrogen) atoms. The minimum Gasteiger partial charge on any atom is -0.496 e. The molecule has 0 radical (unpaired) electrons. The van der Waals surface area contributed by atoms with Crippen LogP contribution >= 0.6 is 23.2 Å². The number of nitrogens with one attached hydrogen (secondary N) is 1. The van der Waals surface area contributed by atoms with Gasteiger partial charge in [0.2, 0.25) is 11.6 Å². The third kappa shape index (κ3) is 4.36. The van der Waals surface area contributed by atoms with Gasteiger partial charge < -0.3 is 10.5 Å². The van der Waals surface area contributed by atoms with E-state index in [1.807, 2.05) is 18.2 Å². The third-order valence-corrected chi connectivity index (χ3v) is 5.34. The lowest BCUT2D eigenvalue weighted by molar-refractivity contribution is 0.0950. The predicted molar refractivity (Wildman–Crippen MR) is 122 cm³/mol. The lowest BCUT2D eigenvalue weighted by Crippen LogP contribution is -2.21. The Labute approximate surface area is 197 Å². The average molecular weight is 487 g/mol. The summed E-state index contributed by atoms with van der Waals surface area (Å²) in [4.78, 5) is 13.0. The fourth-order valence-corrected chi connectivity index (χ4v) is 3.31. The fourth-order valence-electron chi connectivity index (χ4n) is 3.01. The van der Waals surface area contributed by atoms with Crippen LogP contribution in [0.1, 0.15) is 23.0 Å². The van der Waals surface area contributed by atoms with E-state index in [-0.39, 0.29) is 28.0 Å². The number of para-hydroxylation sites is 1. The van der Waals surface area contributed by atoms with E-state index in [1.54, 1.807) is 38.3 Å². The molecule has 11 nitrogen and oxygen atoms in total. The van der Waals surface area contributed by atoms with Crippen LogP contribution in [0.5, 0.6) is 5.75 Å². The summed E-state index contributed by atoms with van der Waals surface area (Å²) in [6.07, 6.45) is 0. The van der Waals surface area contributed by atoms with E-state index < -0.39 is 5.91 Å². The molecule has 13 heteroatoms. The molecule has 0 bridgehead atoms. The molecule has 2 heterocycles.